The molecule has 4 rings (SSSR count). The van der Waals surface area contributed by atoms with E-state index in [1.165, 1.54) is 29.1 Å². The Morgan fingerprint density at radius 2 is 1.88 bits per heavy atom. The molecule has 1 N–H and O–H groups in total. The number of piperidine rings is 1. The van der Waals surface area contributed by atoms with E-state index in [4.69, 9.17) is 23.2 Å². The van der Waals surface area contributed by atoms with Gasteiger partial charge in [-0.15, -0.1) is 11.8 Å². The lowest BCUT2D eigenvalue weighted by Gasteiger charge is -2.43. The van der Waals surface area contributed by atoms with Crippen LogP contribution in [0.25, 0.3) is 0 Å². The van der Waals surface area contributed by atoms with Crippen molar-refractivity contribution in [1.82, 2.24) is 10.2 Å². The third-order valence-electron chi connectivity index (χ3n) is 6.91. The van der Waals surface area contributed by atoms with Gasteiger partial charge in [0.2, 0.25) is 0 Å². The number of nitrogens with one attached hydrogen (secondary N) is 1. The van der Waals surface area contributed by atoms with Crippen molar-refractivity contribution in [1.29, 1.82) is 0 Å². The summed E-state index contributed by atoms with van der Waals surface area (Å²) < 4.78 is 25.0. The molecule has 1 spiro atoms. The number of hydrogen-bond donors (Lipinski definition) is 1. The summed E-state index contributed by atoms with van der Waals surface area (Å²) in [7, 11) is -1.19. The van der Waals surface area contributed by atoms with Crippen molar-refractivity contribution in [2.75, 3.05) is 39.5 Å². The van der Waals surface area contributed by atoms with Gasteiger partial charge in [0.1, 0.15) is 4.58 Å². The van der Waals surface area contributed by atoms with Crippen LogP contribution in [-0.4, -0.2) is 57.4 Å². The number of rotatable bonds is 7. The molecule has 0 radical (unpaired) electrons. The Hall–Kier alpha value is -0.760. The van der Waals surface area contributed by atoms with Gasteiger partial charge in [0.05, 0.1) is 10.0 Å². The van der Waals surface area contributed by atoms with Gasteiger partial charge in [-0.2, -0.15) is 0 Å². The fourth-order valence-corrected chi connectivity index (χ4v) is 9.12. The summed E-state index contributed by atoms with van der Waals surface area (Å²) in [5, 5.41) is 4.47. The van der Waals surface area contributed by atoms with Crippen LogP contribution >= 0.6 is 35.0 Å². The zero-order chi connectivity index (χ0) is 22.9. The molecule has 8 heteroatoms. The van der Waals surface area contributed by atoms with Crippen LogP contribution in [0, 0.1) is 0 Å². The molecule has 2 aromatic carbocycles. The molecule has 1 fully saturated rings. The summed E-state index contributed by atoms with van der Waals surface area (Å²) in [5.41, 5.74) is 2.14. The molecular formula is C24H30Cl2N2O2S2. The molecule has 2 aromatic rings. The van der Waals surface area contributed by atoms with Gasteiger partial charge in [0.15, 0.2) is 9.84 Å². The standard InChI is InChI=1S/C24H30Cl2N2O2S2/c1-27-16-18(17-7-8-20(25)21(26)15-17)9-12-28-13-10-24(11-14-28)19-5-3-4-6-22(19)31-23(24)32(2,29)30/h3-8,15,18,23,27H,9-14,16H2,1-2H3/t18-,23?/m1/s1. The van der Waals surface area contributed by atoms with Gasteiger partial charge in [-0.05, 0) is 81.2 Å². The first-order valence-electron chi connectivity index (χ1n) is 11.0. The van der Waals surface area contributed by atoms with Crippen LogP contribution in [0.4, 0.5) is 0 Å². The molecular weight excluding hydrogens is 483 g/mol. The predicted octanol–water partition coefficient (Wildman–Crippen LogP) is 5.20. The molecule has 32 heavy (non-hydrogen) atoms. The summed E-state index contributed by atoms with van der Waals surface area (Å²) >= 11 is 13.9. The number of nitrogens with zero attached hydrogens (tertiary/aromatic N) is 1. The van der Waals surface area contributed by atoms with E-state index in [2.05, 4.69) is 28.4 Å². The highest BCUT2D eigenvalue weighted by atomic mass is 35.5. The van der Waals surface area contributed by atoms with E-state index in [1.807, 2.05) is 31.3 Å². The molecule has 0 aromatic heterocycles. The molecule has 2 aliphatic rings. The lowest BCUT2D eigenvalue weighted by atomic mass is 9.74. The third-order valence-corrected chi connectivity index (χ3v) is 11.5. The van der Waals surface area contributed by atoms with Crippen LogP contribution in [-0.2, 0) is 15.3 Å². The highest BCUT2D eigenvalue weighted by Gasteiger charge is 2.53. The molecule has 2 heterocycles. The first-order chi connectivity index (χ1) is 15.2. The van der Waals surface area contributed by atoms with Gasteiger partial charge < -0.3 is 10.2 Å². The third kappa shape index (κ3) is 4.86. The van der Waals surface area contributed by atoms with Crippen molar-refractivity contribution < 1.29 is 8.42 Å². The van der Waals surface area contributed by atoms with Crippen molar-refractivity contribution in [3.05, 3.63) is 63.6 Å². The van der Waals surface area contributed by atoms with Crippen molar-refractivity contribution in [2.45, 2.75) is 40.1 Å². The average molecular weight is 514 g/mol. The lowest BCUT2D eigenvalue weighted by molar-refractivity contribution is 0.162. The monoisotopic (exact) mass is 512 g/mol. The Kier molecular flexibility index (Phi) is 7.50. The maximum Gasteiger partial charge on any atom is 0.160 e. The van der Waals surface area contributed by atoms with Crippen LogP contribution < -0.4 is 5.32 Å². The van der Waals surface area contributed by atoms with Crippen LogP contribution in [0.2, 0.25) is 10.0 Å². The Balaban J connectivity index is 1.45. The van der Waals surface area contributed by atoms with E-state index in [9.17, 15) is 8.42 Å². The number of likely N-dealkylation sites (N-methyl/N-ethyl adjacent to an activating group) is 1. The quantitative estimate of drug-likeness (QED) is 0.552. The number of sulfone groups is 1. The van der Waals surface area contributed by atoms with E-state index >= 15 is 0 Å². The maximum absolute atomic E-state index is 12.7. The molecule has 0 aliphatic carbocycles. The van der Waals surface area contributed by atoms with Gasteiger partial charge in [0.25, 0.3) is 0 Å². The van der Waals surface area contributed by atoms with Crippen molar-refractivity contribution >= 4 is 44.8 Å². The second-order valence-electron chi connectivity index (χ2n) is 8.99. The normalized spacial score (nSPS) is 21.6. The van der Waals surface area contributed by atoms with Crippen molar-refractivity contribution in [3.8, 4) is 0 Å². The molecule has 2 aliphatic heterocycles. The largest absolute Gasteiger partial charge is 0.319 e. The fourth-order valence-electron chi connectivity index (χ4n) is 5.25. The molecule has 0 amide bonds. The van der Waals surface area contributed by atoms with E-state index in [0.717, 1.165) is 50.3 Å². The molecule has 4 nitrogen and oxygen atoms in total. The Bertz CT molecular complexity index is 1070. The topological polar surface area (TPSA) is 49.4 Å². The number of hydrogen-bond acceptors (Lipinski definition) is 5. The van der Waals surface area contributed by atoms with Crippen LogP contribution in [0.15, 0.2) is 47.4 Å². The van der Waals surface area contributed by atoms with Gasteiger partial charge >= 0.3 is 0 Å². The van der Waals surface area contributed by atoms with Crippen molar-refractivity contribution in [2.24, 2.45) is 0 Å². The Labute approximate surface area is 206 Å². The van der Waals surface area contributed by atoms with E-state index < -0.39 is 9.84 Å². The Morgan fingerprint density at radius 1 is 1.16 bits per heavy atom. The average Bonchev–Trinajstić information content (AvgIpc) is 3.09. The summed E-state index contributed by atoms with van der Waals surface area (Å²) in [6.45, 7) is 3.67. The number of halogens is 2. The molecule has 2 atom stereocenters. The number of likely N-dealkylation sites (tertiary alicyclic amines) is 1. The van der Waals surface area contributed by atoms with Gasteiger partial charge in [0, 0.05) is 23.1 Å². The first kappa shape index (κ1) is 24.4. The molecule has 0 saturated carbocycles. The summed E-state index contributed by atoms with van der Waals surface area (Å²) in [4.78, 5) is 3.61. The van der Waals surface area contributed by atoms with E-state index in [1.54, 1.807) is 0 Å². The van der Waals surface area contributed by atoms with Gasteiger partial charge in [-0.25, -0.2) is 8.42 Å². The van der Waals surface area contributed by atoms with Crippen LogP contribution in [0.3, 0.4) is 0 Å². The lowest BCUT2D eigenvalue weighted by Crippen LogP contribution is -2.48. The Morgan fingerprint density at radius 3 is 2.53 bits per heavy atom. The highest BCUT2D eigenvalue weighted by molar-refractivity contribution is 8.13. The predicted molar refractivity (Wildman–Crippen MR) is 136 cm³/mol. The molecule has 1 saturated heterocycles. The van der Waals surface area contributed by atoms with Gasteiger partial charge in [-0.3, -0.25) is 0 Å². The SMILES string of the molecule is CNC[C@@H](CCN1CCC2(CC1)c1ccccc1SC2S(C)(=O)=O)c1ccc(Cl)c(Cl)c1. The maximum atomic E-state index is 12.7. The minimum absolute atomic E-state index is 0.278. The second kappa shape index (κ2) is 9.85. The minimum atomic E-state index is -3.16. The smallest absolute Gasteiger partial charge is 0.160 e. The van der Waals surface area contributed by atoms with Gasteiger partial charge in [-0.1, -0.05) is 47.5 Å². The van der Waals surface area contributed by atoms with E-state index in [-0.39, 0.29) is 10.00 Å². The molecule has 0 bridgehead atoms. The molecule has 174 valence electrons. The molecule has 1 unspecified atom stereocenters. The minimum Gasteiger partial charge on any atom is -0.319 e. The fraction of sp³-hybridized carbons (Fsp3) is 0.500. The summed E-state index contributed by atoms with van der Waals surface area (Å²) in [5.74, 6) is 0.345. The number of thioether (sulfide) groups is 1. The summed E-state index contributed by atoms with van der Waals surface area (Å²) in [6, 6.07) is 14.1. The highest BCUT2D eigenvalue weighted by Crippen LogP contribution is 2.56. The number of benzene rings is 2. The van der Waals surface area contributed by atoms with Crippen LogP contribution in [0.1, 0.15) is 36.3 Å². The zero-order valence-corrected chi connectivity index (χ0v) is 21.6. The summed E-state index contributed by atoms with van der Waals surface area (Å²) in [6.07, 6.45) is 4.15. The second-order valence-corrected chi connectivity index (χ2v) is 13.4. The number of fused-ring (bicyclic) bond motifs is 2. The van der Waals surface area contributed by atoms with Crippen molar-refractivity contribution in [3.63, 3.8) is 0 Å². The first-order valence-corrected chi connectivity index (χ1v) is 14.6. The zero-order valence-electron chi connectivity index (χ0n) is 18.5. The van der Waals surface area contributed by atoms with Crippen LogP contribution in [0.5, 0.6) is 0 Å². The van der Waals surface area contributed by atoms with E-state index in [0.29, 0.717) is 16.0 Å².